The van der Waals surface area contributed by atoms with Gasteiger partial charge >= 0.3 is 0 Å². The smallest absolute Gasteiger partial charge is 0.228 e. The SMILES string of the molecule is CC(C)c1cccc(NC(=O)C2CC2)n1. The van der Waals surface area contributed by atoms with Crippen LogP contribution in [0.3, 0.4) is 0 Å². The second-order valence-corrected chi connectivity index (χ2v) is 4.37. The molecule has 1 aromatic rings. The van der Waals surface area contributed by atoms with Gasteiger partial charge in [-0.2, -0.15) is 0 Å². The van der Waals surface area contributed by atoms with E-state index in [1.165, 1.54) is 0 Å². The molecule has 0 aromatic carbocycles. The van der Waals surface area contributed by atoms with E-state index >= 15 is 0 Å². The molecule has 3 heteroatoms. The van der Waals surface area contributed by atoms with E-state index in [2.05, 4.69) is 24.1 Å². The van der Waals surface area contributed by atoms with Gasteiger partial charge in [-0.3, -0.25) is 4.79 Å². The molecule has 80 valence electrons. The van der Waals surface area contributed by atoms with Gasteiger partial charge in [-0.1, -0.05) is 19.9 Å². The molecular weight excluding hydrogens is 188 g/mol. The van der Waals surface area contributed by atoms with Crippen molar-refractivity contribution in [2.45, 2.75) is 32.6 Å². The number of carbonyl (C=O) groups excluding carboxylic acids is 1. The van der Waals surface area contributed by atoms with E-state index in [1.54, 1.807) is 0 Å². The lowest BCUT2D eigenvalue weighted by Crippen LogP contribution is -2.14. The first-order valence-electron chi connectivity index (χ1n) is 5.44. The molecule has 2 rings (SSSR count). The average Bonchev–Trinajstić information content (AvgIpc) is 3.01. The van der Waals surface area contributed by atoms with Gasteiger partial charge in [0.25, 0.3) is 0 Å². The minimum atomic E-state index is 0.114. The van der Waals surface area contributed by atoms with Crippen molar-refractivity contribution in [3.8, 4) is 0 Å². The van der Waals surface area contributed by atoms with Crippen molar-refractivity contribution in [2.24, 2.45) is 5.92 Å². The number of hydrogen-bond donors (Lipinski definition) is 1. The van der Waals surface area contributed by atoms with Gasteiger partial charge in [-0.25, -0.2) is 4.98 Å². The van der Waals surface area contributed by atoms with Crippen LogP contribution in [0.15, 0.2) is 18.2 Å². The van der Waals surface area contributed by atoms with Crippen LogP contribution in [0.5, 0.6) is 0 Å². The molecule has 1 N–H and O–H groups in total. The highest BCUT2D eigenvalue weighted by Crippen LogP contribution is 2.30. The number of amides is 1. The summed E-state index contributed by atoms with van der Waals surface area (Å²) in [6.07, 6.45) is 2.05. The summed E-state index contributed by atoms with van der Waals surface area (Å²) in [7, 11) is 0. The first kappa shape index (κ1) is 10.1. The lowest BCUT2D eigenvalue weighted by molar-refractivity contribution is -0.117. The fourth-order valence-corrected chi connectivity index (χ4v) is 1.42. The van der Waals surface area contributed by atoms with Gasteiger partial charge in [0.2, 0.25) is 5.91 Å². The average molecular weight is 204 g/mol. The molecule has 0 atom stereocenters. The Kier molecular flexibility index (Phi) is 2.71. The molecule has 0 spiro atoms. The van der Waals surface area contributed by atoms with Crippen LogP contribution in [0.1, 0.15) is 38.3 Å². The van der Waals surface area contributed by atoms with E-state index in [0.717, 1.165) is 18.5 Å². The quantitative estimate of drug-likeness (QED) is 0.822. The number of aromatic nitrogens is 1. The molecule has 0 unspecified atom stereocenters. The van der Waals surface area contributed by atoms with Crippen molar-refractivity contribution in [3.63, 3.8) is 0 Å². The first-order chi connectivity index (χ1) is 7.16. The van der Waals surface area contributed by atoms with E-state index < -0.39 is 0 Å². The van der Waals surface area contributed by atoms with Gasteiger partial charge in [0.05, 0.1) is 0 Å². The van der Waals surface area contributed by atoms with Crippen LogP contribution in [0, 0.1) is 5.92 Å². The maximum atomic E-state index is 11.5. The van der Waals surface area contributed by atoms with Crippen LogP contribution in [-0.2, 0) is 4.79 Å². The van der Waals surface area contributed by atoms with E-state index in [1.807, 2.05) is 18.2 Å². The number of carbonyl (C=O) groups is 1. The molecule has 15 heavy (non-hydrogen) atoms. The van der Waals surface area contributed by atoms with Crippen molar-refractivity contribution in [1.82, 2.24) is 4.98 Å². The van der Waals surface area contributed by atoms with Crippen LogP contribution >= 0.6 is 0 Å². The summed E-state index contributed by atoms with van der Waals surface area (Å²) in [6, 6.07) is 5.76. The molecule has 0 radical (unpaired) electrons. The molecule has 1 aliphatic rings. The lowest BCUT2D eigenvalue weighted by atomic mass is 10.1. The van der Waals surface area contributed by atoms with E-state index in [-0.39, 0.29) is 11.8 Å². The van der Waals surface area contributed by atoms with Crippen LogP contribution in [0.2, 0.25) is 0 Å². The predicted octanol–water partition coefficient (Wildman–Crippen LogP) is 2.55. The highest BCUT2D eigenvalue weighted by atomic mass is 16.2. The van der Waals surface area contributed by atoms with E-state index in [9.17, 15) is 4.79 Å². The van der Waals surface area contributed by atoms with Crippen LogP contribution in [-0.4, -0.2) is 10.9 Å². The summed E-state index contributed by atoms with van der Waals surface area (Å²) < 4.78 is 0. The summed E-state index contributed by atoms with van der Waals surface area (Å²) >= 11 is 0. The van der Waals surface area contributed by atoms with Gasteiger partial charge in [-0.15, -0.1) is 0 Å². The number of rotatable bonds is 3. The van der Waals surface area contributed by atoms with Gasteiger partial charge < -0.3 is 5.32 Å². The summed E-state index contributed by atoms with van der Waals surface area (Å²) in [5.41, 5.74) is 1.02. The molecule has 0 saturated heterocycles. The van der Waals surface area contributed by atoms with Gasteiger partial charge in [-0.05, 0) is 30.9 Å². The normalized spacial score (nSPS) is 15.4. The molecule has 1 amide bonds. The highest BCUT2D eigenvalue weighted by molar-refractivity contribution is 5.93. The summed E-state index contributed by atoms with van der Waals surface area (Å²) in [6.45, 7) is 4.18. The second kappa shape index (κ2) is 4.01. The maximum absolute atomic E-state index is 11.5. The molecule has 0 aliphatic heterocycles. The Labute approximate surface area is 89.9 Å². The third-order valence-electron chi connectivity index (χ3n) is 2.56. The van der Waals surface area contributed by atoms with Crippen LogP contribution in [0.25, 0.3) is 0 Å². The number of anilines is 1. The monoisotopic (exact) mass is 204 g/mol. The van der Waals surface area contributed by atoms with Crippen LogP contribution in [0.4, 0.5) is 5.82 Å². The number of nitrogens with one attached hydrogen (secondary N) is 1. The number of nitrogens with zero attached hydrogens (tertiary/aromatic N) is 1. The third kappa shape index (κ3) is 2.55. The molecule has 1 aliphatic carbocycles. The minimum Gasteiger partial charge on any atom is -0.310 e. The molecule has 1 aromatic heterocycles. The third-order valence-corrected chi connectivity index (χ3v) is 2.56. The Balaban J connectivity index is 2.07. The van der Waals surface area contributed by atoms with E-state index in [0.29, 0.717) is 11.7 Å². The fraction of sp³-hybridized carbons (Fsp3) is 0.500. The number of hydrogen-bond acceptors (Lipinski definition) is 2. The zero-order chi connectivity index (χ0) is 10.8. The Morgan fingerprint density at radius 1 is 1.47 bits per heavy atom. The Bertz CT molecular complexity index is 370. The molecule has 3 nitrogen and oxygen atoms in total. The minimum absolute atomic E-state index is 0.114. The predicted molar refractivity (Wildman–Crippen MR) is 59.7 cm³/mol. The summed E-state index contributed by atoms with van der Waals surface area (Å²) in [4.78, 5) is 15.9. The topological polar surface area (TPSA) is 42.0 Å². The van der Waals surface area contributed by atoms with Gasteiger partial charge in [0.1, 0.15) is 5.82 Å². The van der Waals surface area contributed by atoms with Crippen molar-refractivity contribution >= 4 is 11.7 Å². The van der Waals surface area contributed by atoms with Crippen molar-refractivity contribution < 1.29 is 4.79 Å². The number of pyridine rings is 1. The van der Waals surface area contributed by atoms with Crippen molar-refractivity contribution in [3.05, 3.63) is 23.9 Å². The lowest BCUT2D eigenvalue weighted by Gasteiger charge is -2.07. The first-order valence-corrected chi connectivity index (χ1v) is 5.44. The van der Waals surface area contributed by atoms with Crippen LogP contribution < -0.4 is 5.32 Å². The Hall–Kier alpha value is -1.38. The van der Waals surface area contributed by atoms with Gasteiger partial charge in [0.15, 0.2) is 0 Å². The molecule has 1 heterocycles. The maximum Gasteiger partial charge on any atom is 0.228 e. The van der Waals surface area contributed by atoms with E-state index in [4.69, 9.17) is 0 Å². The zero-order valence-electron chi connectivity index (χ0n) is 9.16. The largest absolute Gasteiger partial charge is 0.310 e. The Morgan fingerprint density at radius 2 is 2.20 bits per heavy atom. The fourth-order valence-electron chi connectivity index (χ4n) is 1.42. The summed E-state index contributed by atoms with van der Waals surface area (Å²) in [5.74, 6) is 1.42. The molecule has 0 bridgehead atoms. The standard InChI is InChI=1S/C12H16N2O/c1-8(2)10-4-3-5-11(13-10)14-12(15)9-6-7-9/h3-5,8-9H,6-7H2,1-2H3,(H,13,14,15). The van der Waals surface area contributed by atoms with Crippen molar-refractivity contribution in [2.75, 3.05) is 5.32 Å². The second-order valence-electron chi connectivity index (χ2n) is 4.37. The zero-order valence-corrected chi connectivity index (χ0v) is 9.16. The molecule has 1 saturated carbocycles. The van der Waals surface area contributed by atoms with Gasteiger partial charge in [0, 0.05) is 11.6 Å². The van der Waals surface area contributed by atoms with Crippen molar-refractivity contribution in [1.29, 1.82) is 0 Å². The summed E-state index contributed by atoms with van der Waals surface area (Å²) in [5, 5.41) is 2.85. The molecular formula is C12H16N2O. The Morgan fingerprint density at radius 3 is 2.80 bits per heavy atom. The highest BCUT2D eigenvalue weighted by Gasteiger charge is 2.29. The molecule has 1 fully saturated rings.